The van der Waals surface area contributed by atoms with Crippen LogP contribution in [0, 0.1) is 23.7 Å². The minimum absolute atomic E-state index is 0.00878. The SMILES string of the molecule is COC(=O)N[C@H](C(=O)N1[C@@H]2C[C@@H]2C[C@H]1c1ncc(-c2ccc(-c3ccc4cc(C5=C(Cl)C=C(C6C[C@H]7C[C@H]7N6C(=O)[C@@H](NC(=O)OC)C6CCOCC6)C5)ccc4c3)cc2)[nH]1)C(C)C. The summed E-state index contributed by atoms with van der Waals surface area (Å²) >= 11 is 7.02. The van der Waals surface area contributed by atoms with Crippen LogP contribution in [0.4, 0.5) is 9.59 Å². The Balaban J connectivity index is 0.809. The van der Waals surface area contributed by atoms with Crippen LogP contribution in [0.25, 0.3) is 38.7 Å². The van der Waals surface area contributed by atoms with Gasteiger partial charge in [-0.2, -0.15) is 0 Å². The Bertz CT molecular complexity index is 2560. The number of carbonyl (C=O) groups is 4. The quantitative estimate of drug-likeness (QED) is 0.136. The van der Waals surface area contributed by atoms with Crippen LogP contribution in [0.15, 0.2) is 83.5 Å². The molecule has 6 aliphatic rings. The van der Waals surface area contributed by atoms with Crippen molar-refractivity contribution in [2.75, 3.05) is 27.4 Å². The number of aromatic amines is 1. The normalized spacial score (nSPS) is 25.8. The lowest BCUT2D eigenvalue weighted by Crippen LogP contribution is -2.55. The summed E-state index contributed by atoms with van der Waals surface area (Å²) in [5.74, 6) is 1.43. The number of nitrogens with one attached hydrogen (secondary N) is 3. The van der Waals surface area contributed by atoms with Crippen molar-refractivity contribution < 1.29 is 33.4 Å². The predicted octanol–water partition coefficient (Wildman–Crippen LogP) is 8.36. The third-order valence-corrected chi connectivity index (χ3v) is 14.9. The monoisotopic (exact) mass is 886 g/mol. The van der Waals surface area contributed by atoms with Crippen LogP contribution in [0.5, 0.6) is 0 Å². The van der Waals surface area contributed by atoms with Crippen LogP contribution in [-0.4, -0.2) is 101 Å². The molecular weight excluding hydrogens is 832 g/mol. The van der Waals surface area contributed by atoms with Gasteiger partial charge in [-0.15, -0.1) is 0 Å². The second-order valence-electron chi connectivity index (χ2n) is 18.8. The number of fused-ring (bicyclic) bond motifs is 3. The number of aromatic nitrogens is 2. The van der Waals surface area contributed by atoms with Gasteiger partial charge in [0.25, 0.3) is 0 Å². The smallest absolute Gasteiger partial charge is 0.407 e. The number of H-pyrrole nitrogens is 1. The summed E-state index contributed by atoms with van der Waals surface area (Å²) < 4.78 is 15.3. The Kier molecular flexibility index (Phi) is 11.3. The largest absolute Gasteiger partial charge is 0.453 e. The number of likely N-dealkylation sites (tertiary alicyclic amines) is 2. The third kappa shape index (κ3) is 7.95. The van der Waals surface area contributed by atoms with Crippen LogP contribution in [0.1, 0.15) is 76.2 Å². The average Bonchev–Trinajstić information content (AvgIpc) is 3.96. The first-order valence-corrected chi connectivity index (χ1v) is 23.1. The number of amides is 4. The van der Waals surface area contributed by atoms with Gasteiger partial charge in [0.2, 0.25) is 11.8 Å². The summed E-state index contributed by atoms with van der Waals surface area (Å²) in [6.45, 7) is 4.99. The molecule has 14 heteroatoms. The van der Waals surface area contributed by atoms with E-state index in [0.29, 0.717) is 49.3 Å². The molecular formula is C50H55ClN6O7. The van der Waals surface area contributed by atoms with E-state index in [4.69, 9.17) is 30.8 Å². The van der Waals surface area contributed by atoms with Crippen molar-refractivity contribution in [2.45, 2.75) is 95.0 Å². The zero-order valence-electron chi connectivity index (χ0n) is 36.6. The van der Waals surface area contributed by atoms with Gasteiger partial charge >= 0.3 is 12.2 Å². The number of halogens is 1. The Morgan fingerprint density at radius 1 is 0.766 bits per heavy atom. The number of benzene rings is 3. The Morgan fingerprint density at radius 2 is 1.36 bits per heavy atom. The van der Waals surface area contributed by atoms with Gasteiger partial charge in [0.1, 0.15) is 17.9 Å². The number of hydrogen-bond donors (Lipinski definition) is 3. The molecule has 2 saturated carbocycles. The van der Waals surface area contributed by atoms with Crippen molar-refractivity contribution in [1.29, 1.82) is 0 Å². The predicted molar refractivity (Wildman–Crippen MR) is 243 cm³/mol. The van der Waals surface area contributed by atoms with E-state index >= 15 is 0 Å². The highest BCUT2D eigenvalue weighted by Gasteiger charge is 2.57. The number of imidazole rings is 1. The van der Waals surface area contributed by atoms with E-state index in [1.54, 1.807) is 0 Å². The highest BCUT2D eigenvalue weighted by atomic mass is 35.5. The number of methoxy groups -OCH3 is 2. The second kappa shape index (κ2) is 17.0. The van der Waals surface area contributed by atoms with Crippen molar-refractivity contribution in [3.63, 3.8) is 0 Å². The van der Waals surface area contributed by atoms with Crippen molar-refractivity contribution in [3.05, 3.63) is 94.9 Å². The third-order valence-electron chi connectivity index (χ3n) is 14.6. The molecule has 5 fully saturated rings. The number of piperidine rings is 2. The van der Waals surface area contributed by atoms with E-state index < -0.39 is 24.3 Å². The van der Waals surface area contributed by atoms with E-state index in [2.05, 4.69) is 82.4 Å². The number of hydrogen-bond acceptors (Lipinski definition) is 8. The van der Waals surface area contributed by atoms with Gasteiger partial charge in [-0.25, -0.2) is 14.6 Å². The second-order valence-corrected chi connectivity index (χ2v) is 19.2. The molecule has 64 heavy (non-hydrogen) atoms. The molecule has 3 aliphatic carbocycles. The molecule has 3 N–H and O–H groups in total. The summed E-state index contributed by atoms with van der Waals surface area (Å²) in [5, 5.41) is 8.56. The van der Waals surface area contributed by atoms with Gasteiger partial charge in [-0.3, -0.25) is 9.59 Å². The van der Waals surface area contributed by atoms with Crippen LogP contribution < -0.4 is 10.6 Å². The van der Waals surface area contributed by atoms with Crippen molar-refractivity contribution in [3.8, 4) is 22.4 Å². The Labute approximate surface area is 377 Å². The molecule has 3 saturated heterocycles. The Hall–Kier alpha value is -5.66. The van der Waals surface area contributed by atoms with Gasteiger partial charge in [0.05, 0.1) is 38.2 Å². The minimum Gasteiger partial charge on any atom is -0.453 e. The fraction of sp³-hybridized carbons (Fsp3) is 0.460. The minimum atomic E-state index is -0.678. The molecule has 13 nitrogen and oxygen atoms in total. The van der Waals surface area contributed by atoms with Gasteiger partial charge in [-0.05, 0) is 131 Å². The van der Waals surface area contributed by atoms with Gasteiger partial charge in [-0.1, -0.05) is 74.0 Å². The Morgan fingerprint density at radius 3 is 2.03 bits per heavy atom. The first-order valence-electron chi connectivity index (χ1n) is 22.7. The van der Waals surface area contributed by atoms with Crippen molar-refractivity contribution >= 4 is 51.9 Å². The highest BCUT2D eigenvalue weighted by Crippen LogP contribution is 2.54. The molecule has 8 atom stereocenters. The van der Waals surface area contributed by atoms with Crippen molar-refractivity contribution in [1.82, 2.24) is 30.4 Å². The summed E-state index contributed by atoms with van der Waals surface area (Å²) in [4.78, 5) is 65.0. The lowest BCUT2D eigenvalue weighted by atomic mass is 9.89. The molecule has 0 spiro atoms. The first-order chi connectivity index (χ1) is 31.0. The molecule has 1 aromatic heterocycles. The molecule has 4 amide bonds. The maximum Gasteiger partial charge on any atom is 0.407 e. The molecule has 3 aromatic carbocycles. The molecule has 4 heterocycles. The highest BCUT2D eigenvalue weighted by molar-refractivity contribution is 6.35. The van der Waals surface area contributed by atoms with E-state index in [1.807, 2.05) is 29.8 Å². The molecule has 4 aromatic rings. The molecule has 1 unspecified atom stereocenters. The van der Waals surface area contributed by atoms with Gasteiger partial charge < -0.3 is 39.6 Å². The molecule has 10 rings (SSSR count). The summed E-state index contributed by atoms with van der Waals surface area (Å²) in [7, 11) is 2.63. The molecule has 0 radical (unpaired) electrons. The number of nitrogens with zero attached hydrogens (tertiary/aromatic N) is 3. The lowest BCUT2D eigenvalue weighted by molar-refractivity contribution is -0.137. The fourth-order valence-electron chi connectivity index (χ4n) is 10.9. The standard InChI is InChI=1S/C50H55ClN6O7/c1-26(2)44(54-49(60)62-3)47(58)57-42-23-36(42)24-43(57)46-52-25-39(53-46)28-7-5-27(6-8-28)30-9-10-32-18-33(12-11-31(32)17-30)37-19-34(20-38(37)51)40-21-35-22-41(35)56(40)48(59)45(55-50(61)63-4)29-13-15-64-16-14-29/h5-12,17-18,20,25-26,29,35-36,40-45H,13-16,19,21-24H2,1-4H3,(H,52,53)(H,54,60)(H,55,61)/t35-,36+,40?,41+,42+,43-,44-,45-/m0/s1. The number of rotatable bonds is 11. The van der Waals surface area contributed by atoms with Crippen LogP contribution >= 0.6 is 11.6 Å². The van der Waals surface area contributed by atoms with Crippen LogP contribution in [0.3, 0.4) is 0 Å². The van der Waals surface area contributed by atoms with Gasteiger partial charge in [0, 0.05) is 30.3 Å². The number of allylic oxidation sites excluding steroid dienone is 3. The van der Waals surface area contributed by atoms with Crippen LogP contribution in [0.2, 0.25) is 0 Å². The lowest BCUT2D eigenvalue weighted by Gasteiger charge is -2.36. The number of carbonyl (C=O) groups excluding carboxylic acids is 4. The summed E-state index contributed by atoms with van der Waals surface area (Å²) in [6.07, 6.45) is 8.51. The summed E-state index contributed by atoms with van der Waals surface area (Å²) in [6, 6.07) is 20.2. The molecule has 3 aliphatic heterocycles. The zero-order valence-corrected chi connectivity index (χ0v) is 37.4. The average molecular weight is 887 g/mol. The zero-order chi connectivity index (χ0) is 44.4. The van der Waals surface area contributed by atoms with E-state index in [9.17, 15) is 19.2 Å². The first kappa shape index (κ1) is 42.3. The van der Waals surface area contributed by atoms with Crippen LogP contribution in [-0.2, 0) is 23.8 Å². The number of ether oxygens (including phenoxy) is 3. The van der Waals surface area contributed by atoms with Crippen molar-refractivity contribution in [2.24, 2.45) is 23.7 Å². The van der Waals surface area contributed by atoms with E-state index in [0.717, 1.165) is 81.4 Å². The topological polar surface area (TPSA) is 155 Å². The molecule has 334 valence electrons. The maximum atomic E-state index is 14.4. The number of alkyl carbamates (subject to hydrolysis) is 2. The van der Waals surface area contributed by atoms with E-state index in [1.165, 1.54) is 14.2 Å². The molecule has 0 bridgehead atoms. The maximum absolute atomic E-state index is 14.4. The van der Waals surface area contributed by atoms with E-state index in [-0.39, 0.29) is 47.8 Å². The summed E-state index contributed by atoms with van der Waals surface area (Å²) in [5.41, 5.74) is 7.33. The fourth-order valence-corrected chi connectivity index (χ4v) is 11.2. The van der Waals surface area contributed by atoms with Gasteiger partial charge in [0.15, 0.2) is 0 Å².